The lowest BCUT2D eigenvalue weighted by Crippen LogP contribution is -2.44. The van der Waals surface area contributed by atoms with Crippen molar-refractivity contribution in [3.8, 4) is 0 Å². The molecule has 0 fully saturated rings. The van der Waals surface area contributed by atoms with E-state index in [-0.39, 0.29) is 30.0 Å². The average molecular weight is 490 g/mol. The van der Waals surface area contributed by atoms with Gasteiger partial charge in [0.15, 0.2) is 5.96 Å². The van der Waals surface area contributed by atoms with E-state index in [1.165, 1.54) is 4.88 Å². The van der Waals surface area contributed by atoms with Gasteiger partial charge in [-0.05, 0) is 43.1 Å². The first-order valence-electron chi connectivity index (χ1n) is 8.91. The number of hydrogen-bond acceptors (Lipinski definition) is 4. The Hall–Kier alpha value is -1.06. The first kappa shape index (κ1) is 23.0. The number of rotatable bonds is 9. The number of halogens is 1. The Kier molecular flexibility index (Phi) is 10.9. The highest BCUT2D eigenvalue weighted by atomic mass is 127. The van der Waals surface area contributed by atoms with Crippen LogP contribution in [0.1, 0.15) is 30.5 Å². The molecule has 1 N–H and O–H groups in total. The summed E-state index contributed by atoms with van der Waals surface area (Å²) in [5.41, 5.74) is 0. The van der Waals surface area contributed by atoms with Crippen molar-refractivity contribution >= 4 is 41.3 Å². The first-order chi connectivity index (χ1) is 12.2. The van der Waals surface area contributed by atoms with Crippen LogP contribution in [0.3, 0.4) is 0 Å². The first-order valence-corrected chi connectivity index (χ1v) is 9.79. The third kappa shape index (κ3) is 6.59. The Morgan fingerprint density at radius 2 is 2.04 bits per heavy atom. The van der Waals surface area contributed by atoms with Crippen LogP contribution < -0.4 is 5.32 Å². The normalized spacial score (nSPS) is 12.7. The van der Waals surface area contributed by atoms with Crippen molar-refractivity contribution in [3.05, 3.63) is 46.5 Å². The standard InChI is InChI=1S/C19H30N4OS.HI/c1-5-23(6-2)17(18-10-7-13-24-18)15-21-19(20-3)22(4)12-11-16-9-8-14-25-16;/h7-10,13-14,17H,5-6,11-12,15H2,1-4H3,(H,20,21);1H. The second-order valence-electron chi connectivity index (χ2n) is 5.93. The van der Waals surface area contributed by atoms with Crippen LogP contribution in [0.5, 0.6) is 0 Å². The van der Waals surface area contributed by atoms with E-state index >= 15 is 0 Å². The molecule has 26 heavy (non-hydrogen) atoms. The fraction of sp³-hybridized carbons (Fsp3) is 0.526. The highest BCUT2D eigenvalue weighted by molar-refractivity contribution is 14.0. The Labute approximate surface area is 178 Å². The van der Waals surface area contributed by atoms with Crippen molar-refractivity contribution in [3.63, 3.8) is 0 Å². The van der Waals surface area contributed by atoms with E-state index in [1.807, 2.05) is 19.2 Å². The molecule has 0 radical (unpaired) electrons. The van der Waals surface area contributed by atoms with E-state index < -0.39 is 0 Å². The van der Waals surface area contributed by atoms with Crippen LogP contribution in [0.25, 0.3) is 0 Å². The Bertz CT molecular complexity index is 612. The van der Waals surface area contributed by atoms with Crippen LogP contribution >= 0.6 is 35.3 Å². The van der Waals surface area contributed by atoms with Crippen LogP contribution in [-0.4, -0.2) is 56.0 Å². The number of furan rings is 1. The zero-order valence-corrected chi connectivity index (χ0v) is 19.3. The minimum Gasteiger partial charge on any atom is -0.468 e. The largest absolute Gasteiger partial charge is 0.468 e. The van der Waals surface area contributed by atoms with E-state index in [1.54, 1.807) is 17.6 Å². The summed E-state index contributed by atoms with van der Waals surface area (Å²) < 4.78 is 5.67. The number of likely N-dealkylation sites (N-methyl/N-ethyl adjacent to an activating group) is 2. The molecule has 0 aliphatic heterocycles. The van der Waals surface area contributed by atoms with Crippen molar-refractivity contribution in [2.24, 2.45) is 4.99 Å². The quantitative estimate of drug-likeness (QED) is 0.327. The summed E-state index contributed by atoms with van der Waals surface area (Å²) in [4.78, 5) is 10.4. The van der Waals surface area contributed by atoms with Gasteiger partial charge in [-0.3, -0.25) is 9.89 Å². The fourth-order valence-corrected chi connectivity index (χ4v) is 3.66. The number of aliphatic imine (C=N–C) groups is 1. The predicted octanol–water partition coefficient (Wildman–Crippen LogP) is 4.09. The molecule has 146 valence electrons. The molecule has 0 bridgehead atoms. The summed E-state index contributed by atoms with van der Waals surface area (Å²) >= 11 is 1.80. The van der Waals surface area contributed by atoms with E-state index in [0.29, 0.717) is 0 Å². The van der Waals surface area contributed by atoms with Crippen LogP contribution in [0.4, 0.5) is 0 Å². The molecular weight excluding hydrogens is 459 g/mol. The van der Waals surface area contributed by atoms with Crippen molar-refractivity contribution < 1.29 is 4.42 Å². The van der Waals surface area contributed by atoms with Crippen molar-refractivity contribution in [2.75, 3.05) is 40.3 Å². The molecular formula is C19H31IN4OS. The number of guanidine groups is 1. The molecule has 7 heteroatoms. The minimum atomic E-state index is 0. The highest BCUT2D eigenvalue weighted by Crippen LogP contribution is 2.20. The van der Waals surface area contributed by atoms with E-state index in [9.17, 15) is 0 Å². The Morgan fingerprint density at radius 1 is 1.27 bits per heavy atom. The molecule has 5 nitrogen and oxygen atoms in total. The fourth-order valence-electron chi connectivity index (χ4n) is 2.97. The van der Waals surface area contributed by atoms with Crippen molar-refractivity contribution in [1.82, 2.24) is 15.1 Å². The lowest BCUT2D eigenvalue weighted by Gasteiger charge is -2.30. The van der Waals surface area contributed by atoms with Gasteiger partial charge in [0.05, 0.1) is 12.3 Å². The number of nitrogens with one attached hydrogen (secondary N) is 1. The zero-order chi connectivity index (χ0) is 18.1. The van der Waals surface area contributed by atoms with Crippen molar-refractivity contribution in [1.29, 1.82) is 0 Å². The van der Waals surface area contributed by atoms with Crippen LogP contribution in [0, 0.1) is 0 Å². The average Bonchev–Trinajstić information content (AvgIpc) is 3.33. The third-order valence-corrected chi connectivity index (χ3v) is 5.36. The molecule has 2 aromatic rings. The van der Waals surface area contributed by atoms with Gasteiger partial charge in [-0.15, -0.1) is 35.3 Å². The molecule has 0 saturated heterocycles. The van der Waals surface area contributed by atoms with Crippen LogP contribution in [-0.2, 0) is 6.42 Å². The number of nitrogens with zero attached hydrogens (tertiary/aromatic N) is 3. The molecule has 1 unspecified atom stereocenters. The Balaban J connectivity index is 0.00000338. The number of thiophene rings is 1. The van der Waals surface area contributed by atoms with Crippen LogP contribution in [0.15, 0.2) is 45.3 Å². The SMILES string of the molecule is CCN(CC)C(CNC(=NC)N(C)CCc1cccs1)c1ccco1.I. The topological polar surface area (TPSA) is 44.0 Å². The molecule has 1 atom stereocenters. The zero-order valence-electron chi connectivity index (χ0n) is 16.1. The summed E-state index contributed by atoms with van der Waals surface area (Å²) in [7, 11) is 3.92. The van der Waals surface area contributed by atoms with E-state index in [0.717, 1.165) is 44.3 Å². The molecule has 0 aliphatic carbocycles. The summed E-state index contributed by atoms with van der Waals surface area (Å²) in [5.74, 6) is 1.91. The molecule has 0 aromatic carbocycles. The molecule has 0 saturated carbocycles. The maximum atomic E-state index is 5.67. The van der Waals surface area contributed by atoms with Gasteiger partial charge in [0.1, 0.15) is 5.76 Å². The summed E-state index contributed by atoms with van der Waals surface area (Å²) in [6.07, 6.45) is 2.78. The lowest BCUT2D eigenvalue weighted by molar-refractivity contribution is 0.192. The maximum Gasteiger partial charge on any atom is 0.193 e. The van der Waals surface area contributed by atoms with Gasteiger partial charge in [-0.1, -0.05) is 19.9 Å². The monoisotopic (exact) mass is 490 g/mol. The van der Waals surface area contributed by atoms with E-state index in [2.05, 4.69) is 58.5 Å². The summed E-state index contributed by atoms with van der Waals surface area (Å²) in [6.45, 7) is 8.04. The molecule has 0 aliphatic rings. The third-order valence-electron chi connectivity index (χ3n) is 4.43. The molecule has 2 rings (SSSR count). The van der Waals surface area contributed by atoms with Gasteiger partial charge in [0.2, 0.25) is 0 Å². The van der Waals surface area contributed by atoms with Gasteiger partial charge in [0, 0.05) is 32.1 Å². The van der Waals surface area contributed by atoms with Gasteiger partial charge >= 0.3 is 0 Å². The highest BCUT2D eigenvalue weighted by Gasteiger charge is 2.21. The second-order valence-corrected chi connectivity index (χ2v) is 6.96. The van der Waals surface area contributed by atoms with Crippen LogP contribution in [0.2, 0.25) is 0 Å². The Morgan fingerprint density at radius 3 is 2.58 bits per heavy atom. The maximum absolute atomic E-state index is 5.67. The molecule has 0 amide bonds. The molecule has 0 spiro atoms. The molecule has 2 aromatic heterocycles. The van der Waals surface area contributed by atoms with E-state index in [4.69, 9.17) is 4.42 Å². The van der Waals surface area contributed by atoms with Gasteiger partial charge in [0.25, 0.3) is 0 Å². The van der Waals surface area contributed by atoms with Gasteiger partial charge < -0.3 is 14.6 Å². The smallest absolute Gasteiger partial charge is 0.193 e. The second kappa shape index (κ2) is 12.3. The van der Waals surface area contributed by atoms with Gasteiger partial charge in [-0.2, -0.15) is 0 Å². The summed E-state index contributed by atoms with van der Waals surface area (Å²) in [5, 5.41) is 5.64. The predicted molar refractivity (Wildman–Crippen MR) is 122 cm³/mol. The van der Waals surface area contributed by atoms with Crippen molar-refractivity contribution in [2.45, 2.75) is 26.3 Å². The van der Waals surface area contributed by atoms with Gasteiger partial charge in [-0.25, -0.2) is 0 Å². The molecule has 2 heterocycles. The summed E-state index contributed by atoms with van der Waals surface area (Å²) in [6, 6.07) is 8.49. The number of hydrogen-bond donors (Lipinski definition) is 1. The minimum absolute atomic E-state index is 0. The lowest BCUT2D eigenvalue weighted by atomic mass is 10.2.